The fraction of sp³-hybridized carbons (Fsp3) is 0.714. The average Bonchev–Trinajstić information content (AvgIpc) is 2.86. The third-order valence-electron chi connectivity index (χ3n) is 3.84. The number of hydrogen-bond acceptors (Lipinski definition) is 4. The molecule has 1 atom stereocenters. The van der Waals surface area contributed by atoms with Crippen LogP contribution in [0.4, 0.5) is 0 Å². The third-order valence-corrected chi connectivity index (χ3v) is 3.84. The molecule has 0 spiro atoms. The number of rotatable bonds is 7. The van der Waals surface area contributed by atoms with E-state index in [0.717, 1.165) is 32.7 Å². The Bertz CT molecular complexity index is 433. The molecule has 2 rings (SSSR count). The van der Waals surface area contributed by atoms with E-state index in [0.29, 0.717) is 5.92 Å². The summed E-state index contributed by atoms with van der Waals surface area (Å²) in [6.45, 7) is 7.00. The zero-order chi connectivity index (χ0) is 14.4. The molecule has 1 aliphatic heterocycles. The van der Waals surface area contributed by atoms with E-state index in [1.807, 2.05) is 12.5 Å². The molecule has 20 heavy (non-hydrogen) atoms. The molecular formula is C14H24N4O2. The summed E-state index contributed by atoms with van der Waals surface area (Å²) in [7, 11) is 0. The van der Waals surface area contributed by atoms with Crippen LogP contribution in [0.5, 0.6) is 0 Å². The minimum absolute atomic E-state index is 0.0547. The van der Waals surface area contributed by atoms with Crippen molar-refractivity contribution < 1.29 is 9.90 Å². The quantitative estimate of drug-likeness (QED) is 0.773. The molecule has 1 aromatic rings. The lowest BCUT2D eigenvalue weighted by atomic mass is 9.98. The number of piperidine rings is 1. The molecule has 1 fully saturated rings. The van der Waals surface area contributed by atoms with Crippen LogP contribution in [0, 0.1) is 5.92 Å². The van der Waals surface area contributed by atoms with E-state index in [4.69, 9.17) is 5.11 Å². The first kappa shape index (κ1) is 15.0. The van der Waals surface area contributed by atoms with Crippen molar-refractivity contribution in [3.8, 4) is 0 Å². The van der Waals surface area contributed by atoms with Gasteiger partial charge in [-0.3, -0.25) is 9.69 Å². The van der Waals surface area contributed by atoms with E-state index in [1.54, 1.807) is 0 Å². The van der Waals surface area contributed by atoms with Crippen LogP contribution in [0.3, 0.4) is 0 Å². The Balaban J connectivity index is 1.79. The Morgan fingerprint density at radius 1 is 1.60 bits per heavy atom. The number of aryl methyl sites for hydroxylation is 1. The Morgan fingerprint density at radius 2 is 2.45 bits per heavy atom. The maximum absolute atomic E-state index is 10.5. The smallest absolute Gasteiger partial charge is 0.317 e. The van der Waals surface area contributed by atoms with E-state index >= 15 is 0 Å². The Labute approximate surface area is 119 Å². The molecule has 0 bridgehead atoms. The first-order valence-corrected chi connectivity index (χ1v) is 7.33. The van der Waals surface area contributed by atoms with Crippen molar-refractivity contribution >= 4 is 5.97 Å². The highest BCUT2D eigenvalue weighted by Crippen LogP contribution is 2.18. The molecule has 0 radical (unpaired) electrons. The van der Waals surface area contributed by atoms with Gasteiger partial charge in [-0.05, 0) is 38.8 Å². The second kappa shape index (κ2) is 7.40. The molecule has 1 unspecified atom stereocenters. The van der Waals surface area contributed by atoms with Gasteiger partial charge in [-0.25, -0.2) is 4.98 Å². The lowest BCUT2D eigenvalue weighted by Gasteiger charge is -2.32. The van der Waals surface area contributed by atoms with E-state index in [1.165, 1.54) is 18.5 Å². The number of carbonyl (C=O) groups is 1. The molecule has 6 heteroatoms. The molecular weight excluding hydrogens is 256 g/mol. The maximum Gasteiger partial charge on any atom is 0.317 e. The zero-order valence-electron chi connectivity index (χ0n) is 12.1. The molecule has 6 nitrogen and oxygen atoms in total. The van der Waals surface area contributed by atoms with Crippen molar-refractivity contribution in [3.63, 3.8) is 0 Å². The monoisotopic (exact) mass is 280 g/mol. The number of aliphatic carboxylic acids is 1. The van der Waals surface area contributed by atoms with Crippen LogP contribution in [-0.2, 0) is 17.9 Å². The van der Waals surface area contributed by atoms with Gasteiger partial charge in [-0.1, -0.05) is 0 Å². The highest BCUT2D eigenvalue weighted by atomic mass is 16.4. The number of nitrogens with zero attached hydrogens (tertiary/aromatic N) is 3. The lowest BCUT2D eigenvalue weighted by molar-refractivity contribution is -0.136. The van der Waals surface area contributed by atoms with Gasteiger partial charge in [-0.2, -0.15) is 0 Å². The third kappa shape index (κ3) is 4.31. The predicted molar refractivity (Wildman–Crippen MR) is 76.4 cm³/mol. The average molecular weight is 280 g/mol. The van der Waals surface area contributed by atoms with Gasteiger partial charge < -0.3 is 15.0 Å². The molecule has 0 aromatic carbocycles. The van der Waals surface area contributed by atoms with Crippen LogP contribution in [0.1, 0.15) is 25.5 Å². The number of nitrogens with one attached hydrogen (secondary N) is 1. The van der Waals surface area contributed by atoms with Gasteiger partial charge in [0, 0.05) is 25.8 Å². The lowest BCUT2D eigenvalue weighted by Crippen LogP contribution is -2.40. The Hall–Kier alpha value is -1.40. The van der Waals surface area contributed by atoms with Gasteiger partial charge in [-0.15, -0.1) is 0 Å². The minimum atomic E-state index is -0.787. The molecule has 112 valence electrons. The van der Waals surface area contributed by atoms with E-state index in [9.17, 15) is 4.79 Å². The maximum atomic E-state index is 10.5. The normalized spacial score (nSPS) is 20.1. The van der Waals surface area contributed by atoms with Crippen molar-refractivity contribution in [2.75, 3.05) is 26.2 Å². The van der Waals surface area contributed by atoms with Crippen molar-refractivity contribution in [3.05, 3.63) is 18.2 Å². The first-order chi connectivity index (χ1) is 9.69. The molecule has 1 saturated heterocycles. The number of imidazole rings is 1. The van der Waals surface area contributed by atoms with Gasteiger partial charge in [0.25, 0.3) is 0 Å². The number of hydrogen-bond donors (Lipinski definition) is 2. The van der Waals surface area contributed by atoms with Crippen LogP contribution >= 0.6 is 0 Å². The molecule has 0 amide bonds. The molecule has 0 saturated carbocycles. The van der Waals surface area contributed by atoms with Gasteiger partial charge in [0.2, 0.25) is 0 Å². The number of likely N-dealkylation sites (tertiary alicyclic amines) is 1. The van der Waals surface area contributed by atoms with Gasteiger partial charge in [0.15, 0.2) is 0 Å². The summed E-state index contributed by atoms with van der Waals surface area (Å²) in [5.41, 5.74) is 1.26. The molecule has 2 heterocycles. The van der Waals surface area contributed by atoms with Crippen molar-refractivity contribution in [2.24, 2.45) is 5.92 Å². The van der Waals surface area contributed by atoms with Crippen LogP contribution < -0.4 is 5.32 Å². The van der Waals surface area contributed by atoms with Crippen LogP contribution in [-0.4, -0.2) is 51.7 Å². The van der Waals surface area contributed by atoms with E-state index < -0.39 is 5.97 Å². The standard InChI is InChI=1S/C14H24N4O2/c1-2-18-11-16-7-13(18)10-17-5-3-4-12(9-17)6-15-8-14(19)20/h7,11-12,15H,2-6,8-10H2,1H3,(H,19,20). The Kier molecular flexibility index (Phi) is 5.55. The summed E-state index contributed by atoms with van der Waals surface area (Å²) in [6.07, 6.45) is 6.18. The molecule has 1 aliphatic rings. The second-order valence-electron chi connectivity index (χ2n) is 5.44. The number of carboxylic acids is 1. The topological polar surface area (TPSA) is 70.4 Å². The highest BCUT2D eigenvalue weighted by Gasteiger charge is 2.20. The van der Waals surface area contributed by atoms with Crippen molar-refractivity contribution in [2.45, 2.75) is 32.9 Å². The SMILES string of the molecule is CCn1cncc1CN1CCCC(CNCC(=O)O)C1. The van der Waals surface area contributed by atoms with Crippen LogP contribution in [0.25, 0.3) is 0 Å². The summed E-state index contributed by atoms with van der Waals surface area (Å²) in [5, 5.41) is 11.7. The fourth-order valence-corrected chi connectivity index (χ4v) is 2.84. The van der Waals surface area contributed by atoms with Gasteiger partial charge in [0.1, 0.15) is 0 Å². The van der Waals surface area contributed by atoms with Gasteiger partial charge >= 0.3 is 5.97 Å². The predicted octanol–water partition coefficient (Wildman–Crippen LogP) is 0.789. The Morgan fingerprint density at radius 3 is 3.20 bits per heavy atom. The minimum Gasteiger partial charge on any atom is -0.480 e. The van der Waals surface area contributed by atoms with Gasteiger partial charge in [0.05, 0.1) is 18.6 Å². The van der Waals surface area contributed by atoms with Crippen LogP contribution in [0.2, 0.25) is 0 Å². The molecule has 1 aromatic heterocycles. The fourth-order valence-electron chi connectivity index (χ4n) is 2.84. The number of aromatic nitrogens is 2. The van der Waals surface area contributed by atoms with Crippen LogP contribution in [0.15, 0.2) is 12.5 Å². The van der Waals surface area contributed by atoms with E-state index in [-0.39, 0.29) is 6.54 Å². The summed E-state index contributed by atoms with van der Waals surface area (Å²) >= 11 is 0. The molecule has 0 aliphatic carbocycles. The largest absolute Gasteiger partial charge is 0.480 e. The van der Waals surface area contributed by atoms with Crippen molar-refractivity contribution in [1.29, 1.82) is 0 Å². The highest BCUT2D eigenvalue weighted by molar-refractivity contribution is 5.68. The summed E-state index contributed by atoms with van der Waals surface area (Å²) < 4.78 is 2.17. The van der Waals surface area contributed by atoms with Crippen molar-refractivity contribution in [1.82, 2.24) is 19.8 Å². The zero-order valence-corrected chi connectivity index (χ0v) is 12.1. The number of carboxylic acid groups (broad SMARTS) is 1. The summed E-state index contributed by atoms with van der Waals surface area (Å²) in [5.74, 6) is -0.245. The second-order valence-corrected chi connectivity index (χ2v) is 5.44. The first-order valence-electron chi connectivity index (χ1n) is 7.33. The summed E-state index contributed by atoms with van der Waals surface area (Å²) in [6, 6.07) is 0. The summed E-state index contributed by atoms with van der Waals surface area (Å²) in [4.78, 5) is 17.2. The van der Waals surface area contributed by atoms with E-state index in [2.05, 4.69) is 26.7 Å². The molecule has 2 N–H and O–H groups in total.